The monoisotopic (exact) mass is 188 g/mol. The Morgan fingerprint density at radius 1 is 1.21 bits per heavy atom. The molecule has 1 aromatic rings. The summed E-state index contributed by atoms with van der Waals surface area (Å²) in [5.74, 6) is 0. The highest BCUT2D eigenvalue weighted by Gasteiger charge is 1.82. The Kier molecular flexibility index (Phi) is 4.01. The van der Waals surface area contributed by atoms with Crippen LogP contribution in [0.4, 0.5) is 0 Å². The first-order valence-corrected chi connectivity index (χ1v) is 4.21. The molecular weight excluding hydrogens is 176 g/mol. The molecule has 0 amide bonds. The SMILES string of the molecule is C=C1C=CC=CN1.O=c1cccc[nH]1. The van der Waals surface area contributed by atoms with Gasteiger partial charge in [-0.1, -0.05) is 18.7 Å². The number of H-pyrrole nitrogens is 1. The number of allylic oxidation sites excluding steroid dienone is 3. The van der Waals surface area contributed by atoms with Gasteiger partial charge in [-0.05, 0) is 18.2 Å². The number of aromatic amines is 1. The second kappa shape index (κ2) is 5.59. The fourth-order valence-electron chi connectivity index (χ4n) is 0.807. The van der Waals surface area contributed by atoms with Gasteiger partial charge in [0.1, 0.15) is 0 Å². The van der Waals surface area contributed by atoms with Crippen LogP contribution in [-0.4, -0.2) is 4.98 Å². The number of nitrogens with one attached hydrogen (secondary N) is 2. The van der Waals surface area contributed by atoms with Crippen LogP contribution in [0, 0.1) is 0 Å². The molecule has 0 fully saturated rings. The Balaban J connectivity index is 0.000000140. The molecule has 0 aromatic carbocycles. The fraction of sp³-hybridized carbons (Fsp3) is 0. The van der Waals surface area contributed by atoms with Crippen molar-refractivity contribution in [3.63, 3.8) is 0 Å². The van der Waals surface area contributed by atoms with Crippen LogP contribution in [0.3, 0.4) is 0 Å². The van der Waals surface area contributed by atoms with Crippen molar-refractivity contribution >= 4 is 0 Å². The molecule has 1 aromatic heterocycles. The van der Waals surface area contributed by atoms with Crippen LogP contribution in [0.2, 0.25) is 0 Å². The van der Waals surface area contributed by atoms with Gasteiger partial charge in [0, 0.05) is 24.2 Å². The number of pyridine rings is 1. The third kappa shape index (κ3) is 4.11. The summed E-state index contributed by atoms with van der Waals surface area (Å²) >= 11 is 0. The van der Waals surface area contributed by atoms with Gasteiger partial charge in [-0.2, -0.15) is 0 Å². The van der Waals surface area contributed by atoms with Crippen LogP contribution in [0.5, 0.6) is 0 Å². The molecule has 3 heteroatoms. The van der Waals surface area contributed by atoms with Crippen molar-refractivity contribution in [3.05, 3.63) is 71.5 Å². The number of dihydropyridines is 1. The van der Waals surface area contributed by atoms with Gasteiger partial charge in [0.25, 0.3) is 0 Å². The Bertz CT molecular complexity index is 384. The lowest BCUT2D eigenvalue weighted by molar-refractivity contribution is 1.11. The summed E-state index contributed by atoms with van der Waals surface area (Å²) in [6.07, 6.45) is 9.23. The first-order valence-electron chi connectivity index (χ1n) is 4.21. The molecule has 72 valence electrons. The van der Waals surface area contributed by atoms with E-state index < -0.39 is 0 Å². The van der Waals surface area contributed by atoms with Crippen molar-refractivity contribution in [1.82, 2.24) is 10.3 Å². The molecule has 0 saturated carbocycles. The zero-order valence-corrected chi connectivity index (χ0v) is 7.73. The zero-order chi connectivity index (χ0) is 10.2. The summed E-state index contributed by atoms with van der Waals surface area (Å²) in [7, 11) is 0. The van der Waals surface area contributed by atoms with E-state index in [0.29, 0.717) is 0 Å². The van der Waals surface area contributed by atoms with Crippen molar-refractivity contribution < 1.29 is 0 Å². The summed E-state index contributed by atoms with van der Waals surface area (Å²) in [4.78, 5) is 12.7. The van der Waals surface area contributed by atoms with Crippen molar-refractivity contribution in [2.75, 3.05) is 0 Å². The molecule has 0 atom stereocenters. The molecule has 1 aliphatic rings. The molecule has 2 N–H and O–H groups in total. The Morgan fingerprint density at radius 2 is 2.07 bits per heavy atom. The Morgan fingerprint density at radius 3 is 2.36 bits per heavy atom. The number of rotatable bonds is 0. The molecule has 2 rings (SSSR count). The molecule has 0 saturated heterocycles. The largest absolute Gasteiger partial charge is 0.362 e. The van der Waals surface area contributed by atoms with Gasteiger partial charge in [-0.3, -0.25) is 4.79 Å². The maximum atomic E-state index is 10.2. The van der Waals surface area contributed by atoms with E-state index in [9.17, 15) is 4.79 Å². The molecule has 0 radical (unpaired) electrons. The molecule has 14 heavy (non-hydrogen) atoms. The van der Waals surface area contributed by atoms with Gasteiger partial charge in [0.05, 0.1) is 0 Å². The number of hydrogen-bond donors (Lipinski definition) is 2. The van der Waals surface area contributed by atoms with Gasteiger partial charge in [-0.25, -0.2) is 0 Å². The van der Waals surface area contributed by atoms with Crippen LogP contribution in [0.1, 0.15) is 0 Å². The Hall–Kier alpha value is -2.03. The van der Waals surface area contributed by atoms with E-state index in [-0.39, 0.29) is 5.56 Å². The first-order chi connectivity index (χ1) is 6.79. The van der Waals surface area contributed by atoms with Gasteiger partial charge >= 0.3 is 0 Å². The topological polar surface area (TPSA) is 44.9 Å². The number of hydrogen-bond acceptors (Lipinski definition) is 2. The standard InChI is InChI=1S/C6H7N.C5H5NO/c1-6-4-2-3-5-7-6;7-5-3-1-2-4-6-5/h2-5,7H,1H2;1-4H,(H,6,7). The lowest BCUT2D eigenvalue weighted by Gasteiger charge is -1.99. The van der Waals surface area contributed by atoms with Crippen LogP contribution < -0.4 is 10.9 Å². The highest BCUT2D eigenvalue weighted by atomic mass is 16.1. The fourth-order valence-corrected chi connectivity index (χ4v) is 0.807. The van der Waals surface area contributed by atoms with E-state index in [0.717, 1.165) is 5.70 Å². The summed E-state index contributed by atoms with van der Waals surface area (Å²) in [6, 6.07) is 4.93. The van der Waals surface area contributed by atoms with Gasteiger partial charge in [0.2, 0.25) is 5.56 Å². The van der Waals surface area contributed by atoms with Crippen LogP contribution in [0.25, 0.3) is 0 Å². The molecular formula is C11H12N2O. The first kappa shape index (κ1) is 10.1. The summed E-state index contributed by atoms with van der Waals surface area (Å²) in [5.41, 5.74) is 0.894. The normalized spacial score (nSPS) is 12.7. The van der Waals surface area contributed by atoms with Gasteiger partial charge < -0.3 is 10.3 Å². The van der Waals surface area contributed by atoms with E-state index >= 15 is 0 Å². The Labute approximate surface area is 82.5 Å². The van der Waals surface area contributed by atoms with Crippen molar-refractivity contribution in [2.45, 2.75) is 0 Å². The van der Waals surface area contributed by atoms with Crippen molar-refractivity contribution in [2.24, 2.45) is 0 Å². The van der Waals surface area contributed by atoms with E-state index in [4.69, 9.17) is 0 Å². The quantitative estimate of drug-likeness (QED) is 0.648. The van der Waals surface area contributed by atoms with E-state index in [2.05, 4.69) is 16.9 Å². The highest BCUT2D eigenvalue weighted by molar-refractivity contribution is 5.23. The van der Waals surface area contributed by atoms with E-state index in [1.165, 1.54) is 6.07 Å². The van der Waals surface area contributed by atoms with E-state index in [1.807, 2.05) is 24.4 Å². The predicted molar refractivity (Wildman–Crippen MR) is 57.6 cm³/mol. The maximum absolute atomic E-state index is 10.2. The maximum Gasteiger partial charge on any atom is 0.247 e. The molecule has 3 nitrogen and oxygen atoms in total. The minimum absolute atomic E-state index is 0.0532. The molecule has 0 unspecified atom stereocenters. The minimum atomic E-state index is -0.0532. The summed E-state index contributed by atoms with van der Waals surface area (Å²) in [5, 5.41) is 2.92. The number of aromatic nitrogens is 1. The second-order valence-corrected chi connectivity index (χ2v) is 2.61. The third-order valence-corrected chi connectivity index (χ3v) is 1.45. The van der Waals surface area contributed by atoms with Gasteiger partial charge in [-0.15, -0.1) is 0 Å². The average molecular weight is 188 g/mol. The average Bonchev–Trinajstić information content (AvgIpc) is 2.21. The van der Waals surface area contributed by atoms with Crippen LogP contribution in [-0.2, 0) is 0 Å². The lowest BCUT2D eigenvalue weighted by Crippen LogP contribution is -2.01. The summed E-state index contributed by atoms with van der Waals surface area (Å²) < 4.78 is 0. The lowest BCUT2D eigenvalue weighted by atomic mass is 10.3. The third-order valence-electron chi connectivity index (χ3n) is 1.45. The van der Waals surface area contributed by atoms with Crippen LogP contribution >= 0.6 is 0 Å². The van der Waals surface area contributed by atoms with Gasteiger partial charge in [0.15, 0.2) is 0 Å². The van der Waals surface area contributed by atoms with Crippen molar-refractivity contribution in [3.8, 4) is 0 Å². The second-order valence-electron chi connectivity index (χ2n) is 2.61. The predicted octanol–water partition coefficient (Wildman–Crippen LogP) is 1.55. The van der Waals surface area contributed by atoms with Crippen molar-refractivity contribution in [1.29, 1.82) is 0 Å². The summed E-state index contributed by atoms with van der Waals surface area (Å²) in [6.45, 7) is 3.66. The van der Waals surface area contributed by atoms with Crippen LogP contribution in [0.15, 0.2) is 65.9 Å². The molecule has 1 aliphatic heterocycles. The molecule has 0 spiro atoms. The molecule has 0 aliphatic carbocycles. The smallest absolute Gasteiger partial charge is 0.247 e. The molecule has 2 heterocycles. The highest BCUT2D eigenvalue weighted by Crippen LogP contribution is 1.92. The zero-order valence-electron chi connectivity index (χ0n) is 7.73. The minimum Gasteiger partial charge on any atom is -0.362 e. The van der Waals surface area contributed by atoms with E-state index in [1.54, 1.807) is 18.3 Å². The molecule has 0 bridgehead atoms.